The molecule has 3 N–H and O–H groups in total. The second-order valence-corrected chi connectivity index (χ2v) is 5.45. The van der Waals surface area contributed by atoms with E-state index in [0.717, 1.165) is 6.08 Å². The number of rotatable bonds is 5. The van der Waals surface area contributed by atoms with Crippen molar-refractivity contribution in [3.63, 3.8) is 0 Å². The summed E-state index contributed by atoms with van der Waals surface area (Å²) < 4.78 is 5.88. The molecular formula is C14H12BrN3O6. The van der Waals surface area contributed by atoms with Gasteiger partial charge in [-0.3, -0.25) is 19.9 Å². The molecule has 2 rings (SSSR count). The SMILES string of the molecule is CCOc1cc(Br)cc(/C=C/c2[nH]c(=O)[nH]c(=O)c2[N+](=O)[O-])c1O. The van der Waals surface area contributed by atoms with Crippen LogP contribution in [0.3, 0.4) is 0 Å². The summed E-state index contributed by atoms with van der Waals surface area (Å²) in [6, 6.07) is 3.11. The van der Waals surface area contributed by atoms with Crippen LogP contribution in [0.4, 0.5) is 5.69 Å². The fraction of sp³-hybridized carbons (Fsp3) is 0.143. The summed E-state index contributed by atoms with van der Waals surface area (Å²) >= 11 is 3.26. The Balaban J connectivity index is 2.55. The Morgan fingerprint density at radius 2 is 2.04 bits per heavy atom. The van der Waals surface area contributed by atoms with Gasteiger partial charge in [-0.05, 0) is 31.2 Å². The number of aromatic amines is 2. The lowest BCUT2D eigenvalue weighted by molar-refractivity contribution is -0.386. The second-order valence-electron chi connectivity index (χ2n) is 4.54. The van der Waals surface area contributed by atoms with Crippen LogP contribution in [-0.2, 0) is 0 Å². The number of phenolic OH excluding ortho intramolecular Hbond substituents is 1. The normalized spacial score (nSPS) is 10.9. The standard InChI is InChI=1S/C14H12BrN3O6/c1-2-24-10-6-8(15)5-7(12(10)19)3-4-9-11(18(22)23)13(20)17-14(21)16-9/h3-6,19H,2H2,1H3,(H2,16,17,20,21)/b4-3+. The van der Waals surface area contributed by atoms with Crippen LogP contribution in [0, 0.1) is 10.1 Å². The Hall–Kier alpha value is -2.88. The Kier molecular flexibility index (Phi) is 5.19. The van der Waals surface area contributed by atoms with Gasteiger partial charge in [0.15, 0.2) is 11.5 Å². The molecule has 0 atom stereocenters. The van der Waals surface area contributed by atoms with Crippen molar-refractivity contribution in [3.05, 3.63) is 58.8 Å². The number of H-pyrrole nitrogens is 2. The van der Waals surface area contributed by atoms with Gasteiger partial charge in [0.05, 0.1) is 11.5 Å². The Morgan fingerprint density at radius 3 is 2.67 bits per heavy atom. The Labute approximate surface area is 142 Å². The van der Waals surface area contributed by atoms with Gasteiger partial charge in [0.1, 0.15) is 5.69 Å². The molecule has 0 aliphatic heterocycles. The molecule has 126 valence electrons. The van der Waals surface area contributed by atoms with Gasteiger partial charge in [0, 0.05) is 10.0 Å². The number of nitrogens with zero attached hydrogens (tertiary/aromatic N) is 1. The molecule has 24 heavy (non-hydrogen) atoms. The highest BCUT2D eigenvalue weighted by Gasteiger charge is 2.19. The third kappa shape index (κ3) is 3.71. The highest BCUT2D eigenvalue weighted by Crippen LogP contribution is 2.35. The molecule has 0 spiro atoms. The lowest BCUT2D eigenvalue weighted by Gasteiger charge is -2.09. The minimum Gasteiger partial charge on any atom is -0.504 e. The van der Waals surface area contributed by atoms with E-state index in [9.17, 15) is 24.8 Å². The zero-order valence-corrected chi connectivity index (χ0v) is 13.9. The van der Waals surface area contributed by atoms with E-state index in [0.29, 0.717) is 11.1 Å². The summed E-state index contributed by atoms with van der Waals surface area (Å²) in [6.45, 7) is 2.08. The molecular weight excluding hydrogens is 386 g/mol. The number of nitro groups is 1. The van der Waals surface area contributed by atoms with Crippen LogP contribution in [-0.4, -0.2) is 26.6 Å². The molecule has 10 heteroatoms. The van der Waals surface area contributed by atoms with Crippen LogP contribution in [0.2, 0.25) is 0 Å². The molecule has 0 bridgehead atoms. The van der Waals surface area contributed by atoms with Crippen molar-refractivity contribution < 1.29 is 14.8 Å². The molecule has 0 aliphatic rings. The van der Waals surface area contributed by atoms with Crippen LogP contribution >= 0.6 is 15.9 Å². The molecule has 0 amide bonds. The van der Waals surface area contributed by atoms with Gasteiger partial charge in [0.25, 0.3) is 0 Å². The van der Waals surface area contributed by atoms with Gasteiger partial charge < -0.3 is 14.8 Å². The number of benzene rings is 1. The van der Waals surface area contributed by atoms with E-state index in [1.807, 2.05) is 0 Å². The summed E-state index contributed by atoms with van der Waals surface area (Å²) in [7, 11) is 0. The molecule has 0 fully saturated rings. The lowest BCUT2D eigenvalue weighted by atomic mass is 10.1. The maximum absolute atomic E-state index is 11.5. The number of ether oxygens (including phenoxy) is 1. The maximum atomic E-state index is 11.5. The van der Waals surface area contributed by atoms with Crippen LogP contribution in [0.5, 0.6) is 11.5 Å². The number of aromatic hydroxyl groups is 1. The fourth-order valence-electron chi connectivity index (χ4n) is 1.96. The average molecular weight is 398 g/mol. The zero-order chi connectivity index (χ0) is 17.9. The minimum atomic E-state index is -1.11. The third-order valence-electron chi connectivity index (χ3n) is 2.93. The van der Waals surface area contributed by atoms with Crippen molar-refractivity contribution in [1.82, 2.24) is 9.97 Å². The van der Waals surface area contributed by atoms with Crippen molar-refractivity contribution in [2.75, 3.05) is 6.61 Å². The predicted octanol–water partition coefficient (Wildman–Crippen LogP) is 2.01. The minimum absolute atomic E-state index is 0.175. The van der Waals surface area contributed by atoms with E-state index in [1.54, 1.807) is 24.0 Å². The number of hydrogen-bond acceptors (Lipinski definition) is 6. The average Bonchev–Trinajstić information content (AvgIpc) is 2.48. The van der Waals surface area contributed by atoms with Gasteiger partial charge in [-0.15, -0.1) is 0 Å². The first-order chi connectivity index (χ1) is 11.3. The Bertz CT molecular complexity index is 931. The summed E-state index contributed by atoms with van der Waals surface area (Å²) in [5.41, 5.74) is -2.80. The van der Waals surface area contributed by atoms with Crippen LogP contribution in [0.15, 0.2) is 26.2 Å². The van der Waals surface area contributed by atoms with Gasteiger partial charge in [-0.2, -0.15) is 0 Å². The van der Waals surface area contributed by atoms with Crippen LogP contribution in [0.1, 0.15) is 18.2 Å². The molecule has 2 aromatic rings. The molecule has 0 saturated heterocycles. The van der Waals surface area contributed by atoms with Gasteiger partial charge in [0.2, 0.25) is 0 Å². The molecule has 0 radical (unpaired) electrons. The number of phenols is 1. The van der Waals surface area contributed by atoms with Crippen molar-refractivity contribution in [2.45, 2.75) is 6.92 Å². The van der Waals surface area contributed by atoms with E-state index in [4.69, 9.17) is 4.74 Å². The summed E-state index contributed by atoms with van der Waals surface area (Å²) in [6.07, 6.45) is 2.48. The van der Waals surface area contributed by atoms with E-state index >= 15 is 0 Å². The number of nitrogens with one attached hydrogen (secondary N) is 2. The molecule has 1 heterocycles. The smallest absolute Gasteiger partial charge is 0.357 e. The van der Waals surface area contributed by atoms with Crippen LogP contribution < -0.4 is 16.0 Å². The molecule has 1 aromatic heterocycles. The second kappa shape index (κ2) is 7.13. The number of halogens is 1. The first-order valence-electron chi connectivity index (χ1n) is 6.67. The van der Waals surface area contributed by atoms with Gasteiger partial charge in [-0.25, -0.2) is 4.79 Å². The quantitative estimate of drug-likeness (QED) is 0.520. The van der Waals surface area contributed by atoms with Crippen molar-refractivity contribution in [3.8, 4) is 11.5 Å². The monoisotopic (exact) mass is 397 g/mol. The third-order valence-corrected chi connectivity index (χ3v) is 3.38. The fourth-order valence-corrected chi connectivity index (χ4v) is 2.41. The summed E-state index contributed by atoms with van der Waals surface area (Å²) in [4.78, 5) is 36.9. The molecule has 9 nitrogen and oxygen atoms in total. The zero-order valence-electron chi connectivity index (χ0n) is 12.3. The Morgan fingerprint density at radius 1 is 1.33 bits per heavy atom. The van der Waals surface area contributed by atoms with Gasteiger partial charge in [-0.1, -0.05) is 15.9 Å². The van der Waals surface area contributed by atoms with Gasteiger partial charge >= 0.3 is 16.9 Å². The highest BCUT2D eigenvalue weighted by atomic mass is 79.9. The predicted molar refractivity (Wildman–Crippen MR) is 90.2 cm³/mol. The molecule has 0 unspecified atom stereocenters. The van der Waals surface area contributed by atoms with Crippen molar-refractivity contribution in [2.24, 2.45) is 0 Å². The summed E-state index contributed by atoms with van der Waals surface area (Å²) in [5.74, 6) is 0.0477. The van der Waals surface area contributed by atoms with Crippen LogP contribution in [0.25, 0.3) is 12.2 Å². The van der Waals surface area contributed by atoms with E-state index in [1.165, 1.54) is 6.08 Å². The van der Waals surface area contributed by atoms with E-state index < -0.39 is 21.9 Å². The maximum Gasteiger partial charge on any atom is 0.357 e. The largest absolute Gasteiger partial charge is 0.504 e. The molecule has 0 saturated carbocycles. The van der Waals surface area contributed by atoms with E-state index in [2.05, 4.69) is 20.9 Å². The van der Waals surface area contributed by atoms with Crippen molar-refractivity contribution in [1.29, 1.82) is 0 Å². The number of hydrogen-bond donors (Lipinski definition) is 3. The first kappa shape index (κ1) is 17.5. The summed E-state index contributed by atoms with van der Waals surface area (Å²) in [5, 5.41) is 21.1. The van der Waals surface area contributed by atoms with E-state index in [-0.39, 0.29) is 22.8 Å². The molecule has 1 aromatic carbocycles. The molecule has 0 aliphatic carbocycles. The van der Waals surface area contributed by atoms with Crippen molar-refractivity contribution >= 4 is 33.8 Å². The number of aromatic nitrogens is 2. The first-order valence-corrected chi connectivity index (χ1v) is 7.47. The highest BCUT2D eigenvalue weighted by molar-refractivity contribution is 9.10. The lowest BCUT2D eigenvalue weighted by Crippen LogP contribution is -2.25. The topological polar surface area (TPSA) is 138 Å².